The number of rotatable bonds is 3. The standard InChI is InChI=1S/C13H14O3/c1-2-7-13(12(14)15)8-9-16-11-6-4-3-5-10(11)13/h2-6H,1,7-9H2,(H,14,15). The van der Waals surface area contributed by atoms with Crippen LogP contribution in [0.15, 0.2) is 36.9 Å². The molecule has 1 aromatic carbocycles. The quantitative estimate of drug-likeness (QED) is 0.792. The Morgan fingerprint density at radius 2 is 2.31 bits per heavy atom. The van der Waals surface area contributed by atoms with E-state index in [1.807, 2.05) is 24.3 Å². The molecule has 1 atom stereocenters. The summed E-state index contributed by atoms with van der Waals surface area (Å²) in [6.07, 6.45) is 2.59. The average molecular weight is 218 g/mol. The minimum Gasteiger partial charge on any atom is -0.493 e. The summed E-state index contributed by atoms with van der Waals surface area (Å²) in [7, 11) is 0. The summed E-state index contributed by atoms with van der Waals surface area (Å²) in [4.78, 5) is 11.5. The summed E-state index contributed by atoms with van der Waals surface area (Å²) in [6.45, 7) is 4.09. The predicted molar refractivity (Wildman–Crippen MR) is 60.7 cm³/mol. The molecular formula is C13H14O3. The van der Waals surface area contributed by atoms with Crippen LogP contribution < -0.4 is 4.74 Å². The van der Waals surface area contributed by atoms with Crippen molar-refractivity contribution in [2.75, 3.05) is 6.61 Å². The van der Waals surface area contributed by atoms with Gasteiger partial charge in [-0.25, -0.2) is 0 Å². The first-order chi connectivity index (χ1) is 7.70. The highest BCUT2D eigenvalue weighted by Crippen LogP contribution is 2.41. The van der Waals surface area contributed by atoms with E-state index in [0.29, 0.717) is 25.2 Å². The number of carbonyl (C=O) groups is 1. The van der Waals surface area contributed by atoms with Crippen LogP contribution in [-0.4, -0.2) is 17.7 Å². The zero-order chi connectivity index (χ0) is 11.6. The zero-order valence-electron chi connectivity index (χ0n) is 8.98. The number of aliphatic carboxylic acids is 1. The molecule has 0 amide bonds. The van der Waals surface area contributed by atoms with Crippen molar-refractivity contribution in [3.05, 3.63) is 42.5 Å². The van der Waals surface area contributed by atoms with Crippen LogP contribution in [0, 0.1) is 0 Å². The molecule has 1 heterocycles. The Morgan fingerprint density at radius 3 is 3.00 bits per heavy atom. The number of carboxylic acids is 1. The van der Waals surface area contributed by atoms with Gasteiger partial charge in [0.1, 0.15) is 11.2 Å². The molecule has 1 N–H and O–H groups in total. The van der Waals surface area contributed by atoms with Crippen molar-refractivity contribution in [1.29, 1.82) is 0 Å². The number of allylic oxidation sites excluding steroid dienone is 1. The lowest BCUT2D eigenvalue weighted by Crippen LogP contribution is -2.40. The highest BCUT2D eigenvalue weighted by Gasteiger charge is 2.43. The molecule has 0 radical (unpaired) electrons. The number of para-hydroxylation sites is 1. The van der Waals surface area contributed by atoms with Crippen LogP contribution in [-0.2, 0) is 10.2 Å². The third-order valence-electron chi connectivity index (χ3n) is 3.09. The van der Waals surface area contributed by atoms with Gasteiger partial charge in [0.15, 0.2) is 0 Å². The molecule has 3 heteroatoms. The van der Waals surface area contributed by atoms with E-state index in [9.17, 15) is 9.90 Å². The van der Waals surface area contributed by atoms with Crippen molar-refractivity contribution < 1.29 is 14.6 Å². The van der Waals surface area contributed by atoms with Gasteiger partial charge in [-0.15, -0.1) is 6.58 Å². The van der Waals surface area contributed by atoms with E-state index < -0.39 is 11.4 Å². The molecule has 1 aliphatic heterocycles. The molecule has 0 saturated heterocycles. The average Bonchev–Trinajstić information content (AvgIpc) is 2.29. The second-order valence-corrected chi connectivity index (χ2v) is 3.97. The Bertz CT molecular complexity index is 425. The molecule has 3 nitrogen and oxygen atoms in total. The summed E-state index contributed by atoms with van der Waals surface area (Å²) < 4.78 is 5.48. The van der Waals surface area contributed by atoms with Crippen molar-refractivity contribution >= 4 is 5.97 Å². The highest BCUT2D eigenvalue weighted by molar-refractivity contribution is 5.83. The molecule has 16 heavy (non-hydrogen) atoms. The molecule has 0 spiro atoms. The van der Waals surface area contributed by atoms with Gasteiger partial charge in [-0.3, -0.25) is 4.79 Å². The van der Waals surface area contributed by atoms with E-state index in [0.717, 1.165) is 5.56 Å². The van der Waals surface area contributed by atoms with Gasteiger partial charge in [0.05, 0.1) is 6.61 Å². The summed E-state index contributed by atoms with van der Waals surface area (Å²) in [6, 6.07) is 7.33. The van der Waals surface area contributed by atoms with Crippen molar-refractivity contribution in [1.82, 2.24) is 0 Å². The molecule has 0 bridgehead atoms. The third-order valence-corrected chi connectivity index (χ3v) is 3.09. The Balaban J connectivity index is 2.56. The summed E-state index contributed by atoms with van der Waals surface area (Å²) in [5.74, 6) is -0.124. The van der Waals surface area contributed by atoms with E-state index in [2.05, 4.69) is 6.58 Å². The van der Waals surface area contributed by atoms with Gasteiger partial charge in [-0.1, -0.05) is 24.3 Å². The SMILES string of the molecule is C=CCC1(C(=O)O)CCOc2ccccc21. The maximum atomic E-state index is 11.5. The maximum absolute atomic E-state index is 11.5. The zero-order valence-corrected chi connectivity index (χ0v) is 8.98. The minimum atomic E-state index is -0.864. The number of fused-ring (bicyclic) bond motifs is 1. The van der Waals surface area contributed by atoms with Crippen molar-refractivity contribution in [2.45, 2.75) is 18.3 Å². The maximum Gasteiger partial charge on any atom is 0.314 e. The molecule has 0 saturated carbocycles. The molecule has 84 valence electrons. The molecule has 2 rings (SSSR count). The lowest BCUT2D eigenvalue weighted by atomic mass is 9.73. The number of hydrogen-bond acceptors (Lipinski definition) is 2. The van der Waals surface area contributed by atoms with Gasteiger partial charge in [0.25, 0.3) is 0 Å². The van der Waals surface area contributed by atoms with Crippen LogP contribution in [0.2, 0.25) is 0 Å². The number of benzene rings is 1. The molecule has 0 fully saturated rings. The van der Waals surface area contributed by atoms with Crippen LogP contribution >= 0.6 is 0 Å². The van der Waals surface area contributed by atoms with E-state index in [4.69, 9.17) is 4.74 Å². The topological polar surface area (TPSA) is 46.5 Å². The van der Waals surface area contributed by atoms with Gasteiger partial charge >= 0.3 is 5.97 Å². The molecule has 1 unspecified atom stereocenters. The smallest absolute Gasteiger partial charge is 0.314 e. The fourth-order valence-corrected chi connectivity index (χ4v) is 2.23. The first-order valence-electron chi connectivity index (χ1n) is 5.27. The fraction of sp³-hybridized carbons (Fsp3) is 0.308. The Labute approximate surface area is 94.4 Å². The molecule has 0 aliphatic carbocycles. The van der Waals surface area contributed by atoms with Crippen molar-refractivity contribution in [3.8, 4) is 5.75 Å². The van der Waals surface area contributed by atoms with Crippen LogP contribution in [0.1, 0.15) is 18.4 Å². The second-order valence-electron chi connectivity index (χ2n) is 3.97. The minimum absolute atomic E-state index is 0.433. The van der Waals surface area contributed by atoms with E-state index in [1.165, 1.54) is 0 Å². The van der Waals surface area contributed by atoms with Crippen LogP contribution in [0.5, 0.6) is 5.75 Å². The predicted octanol–water partition coefficient (Wildman–Crippen LogP) is 2.37. The first kappa shape index (κ1) is 10.7. The lowest BCUT2D eigenvalue weighted by Gasteiger charge is -2.34. The van der Waals surface area contributed by atoms with E-state index >= 15 is 0 Å². The van der Waals surface area contributed by atoms with E-state index in [1.54, 1.807) is 6.08 Å². The highest BCUT2D eigenvalue weighted by atomic mass is 16.5. The van der Waals surface area contributed by atoms with Crippen LogP contribution in [0.3, 0.4) is 0 Å². The van der Waals surface area contributed by atoms with Gasteiger partial charge < -0.3 is 9.84 Å². The fourth-order valence-electron chi connectivity index (χ4n) is 2.23. The first-order valence-corrected chi connectivity index (χ1v) is 5.27. The molecule has 1 aromatic rings. The van der Waals surface area contributed by atoms with E-state index in [-0.39, 0.29) is 0 Å². The summed E-state index contributed by atoms with van der Waals surface area (Å²) in [5, 5.41) is 9.46. The van der Waals surface area contributed by atoms with Gasteiger partial charge in [0, 0.05) is 12.0 Å². The summed E-state index contributed by atoms with van der Waals surface area (Å²) >= 11 is 0. The second kappa shape index (κ2) is 4.00. The normalized spacial score (nSPS) is 23.0. The monoisotopic (exact) mass is 218 g/mol. The lowest BCUT2D eigenvalue weighted by molar-refractivity contribution is -0.145. The molecular weight excluding hydrogens is 204 g/mol. The number of hydrogen-bond donors (Lipinski definition) is 1. The number of ether oxygens (including phenoxy) is 1. The van der Waals surface area contributed by atoms with Crippen molar-refractivity contribution in [2.24, 2.45) is 0 Å². The largest absolute Gasteiger partial charge is 0.493 e. The van der Waals surface area contributed by atoms with Crippen LogP contribution in [0.25, 0.3) is 0 Å². The van der Waals surface area contributed by atoms with Crippen molar-refractivity contribution in [3.63, 3.8) is 0 Å². The number of carboxylic acid groups (broad SMARTS) is 1. The molecule has 1 aliphatic rings. The van der Waals surface area contributed by atoms with Gasteiger partial charge in [-0.05, 0) is 12.5 Å². The van der Waals surface area contributed by atoms with Gasteiger partial charge in [0.2, 0.25) is 0 Å². The Kier molecular flexibility index (Phi) is 2.69. The summed E-state index contributed by atoms with van der Waals surface area (Å²) in [5.41, 5.74) is -0.106. The Hall–Kier alpha value is -1.77. The molecule has 0 aromatic heterocycles. The van der Waals surface area contributed by atoms with Gasteiger partial charge in [-0.2, -0.15) is 0 Å². The Morgan fingerprint density at radius 1 is 1.56 bits per heavy atom. The van der Waals surface area contributed by atoms with Crippen LogP contribution in [0.4, 0.5) is 0 Å². The third kappa shape index (κ3) is 1.48.